The number of nitro groups is 1. The van der Waals surface area contributed by atoms with Crippen molar-refractivity contribution in [2.75, 3.05) is 0 Å². The van der Waals surface area contributed by atoms with Gasteiger partial charge in [0, 0.05) is 34.5 Å². The maximum absolute atomic E-state index is 12.8. The molecule has 188 valence electrons. The summed E-state index contributed by atoms with van der Waals surface area (Å²) >= 11 is 7.43. The average Bonchev–Trinajstić information content (AvgIpc) is 3.61. The number of hydrogen-bond acceptors (Lipinski definition) is 8. The summed E-state index contributed by atoms with van der Waals surface area (Å²) in [4.78, 5) is 27.8. The molecule has 3 heterocycles. The van der Waals surface area contributed by atoms with Crippen molar-refractivity contribution in [2.45, 2.75) is 0 Å². The molecule has 0 radical (unpaired) electrons. The lowest BCUT2D eigenvalue weighted by Crippen LogP contribution is -2.03. The lowest BCUT2D eigenvalue weighted by Gasteiger charge is -2.04. The molecule has 8 nitrogen and oxygen atoms in total. The lowest BCUT2D eigenvalue weighted by atomic mass is 10.0. The van der Waals surface area contributed by atoms with E-state index >= 15 is 0 Å². The highest BCUT2D eigenvalue weighted by Crippen LogP contribution is 2.34. The van der Waals surface area contributed by atoms with Crippen molar-refractivity contribution in [2.24, 2.45) is 0 Å². The smallest absolute Gasteiger partial charge is 0.345 e. The largest absolute Gasteiger partial charge is 0.457 e. The van der Waals surface area contributed by atoms with Crippen LogP contribution >= 0.6 is 22.9 Å². The standard InChI is InChI=1S/C29H14ClN3O5S/c30-24-12-18(33(35)36)6-8-21(24)26-10-7-19(37-26)11-17(14-31)28-32-25(15-39-28)23-13-22-20-4-2-1-3-16(20)5-9-27(22)38-29(23)34/h1-13,15H/b17-11+. The van der Waals surface area contributed by atoms with Crippen LogP contribution in [0.3, 0.4) is 0 Å². The zero-order valence-electron chi connectivity index (χ0n) is 19.8. The van der Waals surface area contributed by atoms with Crippen molar-refractivity contribution < 1.29 is 13.8 Å². The Morgan fingerprint density at radius 1 is 1.03 bits per heavy atom. The zero-order chi connectivity index (χ0) is 27.1. The molecule has 3 aromatic carbocycles. The third-order valence-electron chi connectivity index (χ3n) is 6.12. The molecule has 0 atom stereocenters. The van der Waals surface area contributed by atoms with E-state index in [0.29, 0.717) is 38.9 Å². The molecule has 0 spiro atoms. The molecule has 0 unspecified atom stereocenters. The van der Waals surface area contributed by atoms with E-state index in [9.17, 15) is 20.2 Å². The zero-order valence-corrected chi connectivity index (χ0v) is 21.3. The second-order valence-electron chi connectivity index (χ2n) is 8.48. The molecule has 0 fully saturated rings. The van der Waals surface area contributed by atoms with Gasteiger partial charge in [0.25, 0.3) is 5.69 Å². The predicted octanol–water partition coefficient (Wildman–Crippen LogP) is 7.96. The van der Waals surface area contributed by atoms with Crippen molar-refractivity contribution in [1.82, 2.24) is 4.98 Å². The summed E-state index contributed by atoms with van der Waals surface area (Å²) in [7, 11) is 0. The van der Waals surface area contributed by atoms with E-state index in [0.717, 1.165) is 16.2 Å². The monoisotopic (exact) mass is 551 g/mol. The first-order valence-corrected chi connectivity index (χ1v) is 12.7. The molecule has 0 aliphatic heterocycles. The summed E-state index contributed by atoms with van der Waals surface area (Å²) in [5.74, 6) is 0.753. The van der Waals surface area contributed by atoms with Crippen LogP contribution in [0.15, 0.2) is 91.8 Å². The van der Waals surface area contributed by atoms with Crippen LogP contribution in [0, 0.1) is 21.4 Å². The summed E-state index contributed by atoms with van der Waals surface area (Å²) in [6.07, 6.45) is 1.53. The minimum Gasteiger partial charge on any atom is -0.457 e. The normalized spacial score (nSPS) is 11.6. The molecule has 6 rings (SSSR count). The van der Waals surface area contributed by atoms with Gasteiger partial charge in [-0.3, -0.25) is 10.1 Å². The summed E-state index contributed by atoms with van der Waals surface area (Å²) in [6, 6.07) is 22.8. The maximum atomic E-state index is 12.8. The number of allylic oxidation sites excluding steroid dienone is 1. The first-order valence-electron chi connectivity index (χ1n) is 11.5. The van der Waals surface area contributed by atoms with Gasteiger partial charge in [0.15, 0.2) is 0 Å². The highest BCUT2D eigenvalue weighted by molar-refractivity contribution is 7.11. The van der Waals surface area contributed by atoms with Crippen LogP contribution in [-0.2, 0) is 0 Å². The number of hydrogen-bond donors (Lipinski definition) is 0. The highest BCUT2D eigenvalue weighted by Gasteiger charge is 2.17. The predicted molar refractivity (Wildman–Crippen MR) is 150 cm³/mol. The number of rotatable bonds is 5. The Morgan fingerprint density at radius 2 is 1.87 bits per heavy atom. The number of nitriles is 1. The van der Waals surface area contributed by atoms with Gasteiger partial charge >= 0.3 is 5.63 Å². The van der Waals surface area contributed by atoms with Crippen LogP contribution in [-0.4, -0.2) is 9.91 Å². The summed E-state index contributed by atoms with van der Waals surface area (Å²) in [5, 5.41) is 25.8. The molecular formula is C29H14ClN3O5S. The highest BCUT2D eigenvalue weighted by atomic mass is 35.5. The second-order valence-corrected chi connectivity index (χ2v) is 9.74. The van der Waals surface area contributed by atoms with Gasteiger partial charge in [0.05, 0.1) is 26.8 Å². The van der Waals surface area contributed by atoms with Crippen LogP contribution in [0.2, 0.25) is 5.02 Å². The van der Waals surface area contributed by atoms with Gasteiger partial charge in [-0.05, 0) is 41.1 Å². The number of fused-ring (bicyclic) bond motifs is 3. The van der Waals surface area contributed by atoms with E-state index in [1.54, 1.807) is 29.6 Å². The first kappa shape index (κ1) is 24.3. The Bertz CT molecular complexity index is 2070. The minimum absolute atomic E-state index is 0.129. The SMILES string of the molecule is N#C/C(=C\c1ccc(-c2ccc([N+](=O)[O-])cc2Cl)o1)c1nc(-c2cc3c(ccc4ccccc43)oc2=O)cs1. The summed E-state index contributed by atoms with van der Waals surface area (Å²) < 4.78 is 11.4. The lowest BCUT2D eigenvalue weighted by molar-refractivity contribution is -0.384. The molecular weight excluding hydrogens is 538 g/mol. The van der Waals surface area contributed by atoms with Gasteiger partial charge in [-0.1, -0.05) is 41.9 Å². The van der Waals surface area contributed by atoms with Gasteiger partial charge in [-0.25, -0.2) is 9.78 Å². The van der Waals surface area contributed by atoms with E-state index in [4.69, 9.17) is 20.4 Å². The van der Waals surface area contributed by atoms with Gasteiger partial charge in [-0.2, -0.15) is 5.26 Å². The number of halogens is 1. The third kappa shape index (κ3) is 4.48. The van der Waals surface area contributed by atoms with Gasteiger partial charge in [0.2, 0.25) is 0 Å². The van der Waals surface area contributed by atoms with Crippen molar-refractivity contribution >= 4 is 62.0 Å². The van der Waals surface area contributed by atoms with E-state index in [1.165, 1.54) is 35.6 Å². The van der Waals surface area contributed by atoms with E-state index in [2.05, 4.69) is 11.1 Å². The molecule has 0 saturated carbocycles. The van der Waals surface area contributed by atoms with Crippen molar-refractivity contribution in [1.29, 1.82) is 5.26 Å². The number of nitrogens with zero attached hydrogens (tertiary/aromatic N) is 3. The molecule has 0 aliphatic rings. The number of non-ortho nitro benzene ring substituents is 1. The van der Waals surface area contributed by atoms with Crippen LogP contribution in [0.4, 0.5) is 5.69 Å². The molecule has 6 aromatic rings. The molecule has 39 heavy (non-hydrogen) atoms. The van der Waals surface area contributed by atoms with Gasteiger partial charge in [-0.15, -0.1) is 11.3 Å². The molecule has 0 bridgehead atoms. The van der Waals surface area contributed by atoms with Crippen LogP contribution in [0.25, 0.3) is 56.0 Å². The number of thiazole rings is 1. The Labute approximate surface area is 228 Å². The van der Waals surface area contributed by atoms with Gasteiger partial charge in [0.1, 0.15) is 28.2 Å². The van der Waals surface area contributed by atoms with Crippen molar-refractivity contribution in [3.05, 3.63) is 115 Å². The third-order valence-corrected chi connectivity index (χ3v) is 7.30. The quantitative estimate of drug-likeness (QED) is 0.0699. The Kier molecular flexibility index (Phi) is 6.04. The van der Waals surface area contributed by atoms with E-state index in [1.807, 2.05) is 30.3 Å². The maximum Gasteiger partial charge on any atom is 0.345 e. The fourth-order valence-electron chi connectivity index (χ4n) is 4.25. The second kappa shape index (κ2) is 9.68. The minimum atomic E-state index is -0.530. The fraction of sp³-hybridized carbons (Fsp3) is 0. The number of aromatic nitrogens is 1. The van der Waals surface area contributed by atoms with Crippen LogP contribution < -0.4 is 5.63 Å². The molecule has 0 aliphatic carbocycles. The summed E-state index contributed by atoms with van der Waals surface area (Å²) in [6.45, 7) is 0. The Hall–Kier alpha value is -5.04. The molecule has 0 amide bonds. The van der Waals surface area contributed by atoms with E-state index in [-0.39, 0.29) is 16.3 Å². The number of benzene rings is 3. The average molecular weight is 552 g/mol. The molecule has 0 N–H and O–H groups in total. The van der Waals surface area contributed by atoms with Crippen LogP contribution in [0.5, 0.6) is 0 Å². The van der Waals surface area contributed by atoms with Crippen molar-refractivity contribution in [3.8, 4) is 28.7 Å². The molecule has 3 aromatic heterocycles. The van der Waals surface area contributed by atoms with Crippen molar-refractivity contribution in [3.63, 3.8) is 0 Å². The topological polar surface area (TPSA) is 123 Å². The fourth-order valence-corrected chi connectivity index (χ4v) is 5.30. The summed E-state index contributed by atoms with van der Waals surface area (Å²) in [5.41, 5.74) is 1.25. The van der Waals surface area contributed by atoms with E-state index < -0.39 is 10.5 Å². The first-order chi connectivity index (χ1) is 18.9. The molecule has 0 saturated heterocycles. The van der Waals surface area contributed by atoms with Crippen LogP contribution in [0.1, 0.15) is 10.8 Å². The Morgan fingerprint density at radius 3 is 2.67 bits per heavy atom. The Balaban J connectivity index is 1.34. The number of furan rings is 1. The molecule has 10 heteroatoms. The van der Waals surface area contributed by atoms with Gasteiger partial charge < -0.3 is 8.83 Å². The number of nitro benzene ring substituents is 1.